The van der Waals surface area contributed by atoms with E-state index in [1.807, 2.05) is 6.92 Å². The summed E-state index contributed by atoms with van der Waals surface area (Å²) in [4.78, 5) is 11.3. The van der Waals surface area contributed by atoms with Crippen LogP contribution in [0.25, 0.3) is 0 Å². The van der Waals surface area contributed by atoms with Gasteiger partial charge >= 0.3 is 0 Å². The van der Waals surface area contributed by atoms with Crippen molar-refractivity contribution in [1.82, 2.24) is 5.32 Å². The Morgan fingerprint density at radius 3 is 2.33 bits per heavy atom. The van der Waals surface area contributed by atoms with Gasteiger partial charge in [-0.1, -0.05) is 6.92 Å². The van der Waals surface area contributed by atoms with E-state index in [-0.39, 0.29) is 23.6 Å². The van der Waals surface area contributed by atoms with Crippen LogP contribution < -0.4 is 11.1 Å². The van der Waals surface area contributed by atoms with E-state index in [0.717, 1.165) is 6.26 Å². The van der Waals surface area contributed by atoms with Gasteiger partial charge in [0, 0.05) is 18.7 Å². The third kappa shape index (κ3) is 8.38. The summed E-state index contributed by atoms with van der Waals surface area (Å²) in [6, 6.07) is -0.350. The highest BCUT2D eigenvalue weighted by Gasteiger charge is 2.14. The summed E-state index contributed by atoms with van der Waals surface area (Å²) in [6.07, 6.45) is 1.49. The third-order valence-electron chi connectivity index (χ3n) is 1.90. The number of nitrogens with one attached hydrogen (secondary N) is 1. The Hall–Kier alpha value is -0.620. The number of sulfone groups is 1. The second-order valence-corrected chi connectivity index (χ2v) is 6.29. The minimum absolute atomic E-state index is 0.0320. The van der Waals surface area contributed by atoms with Gasteiger partial charge < -0.3 is 11.1 Å². The zero-order valence-electron chi connectivity index (χ0n) is 9.49. The molecule has 0 aliphatic carbocycles. The maximum Gasteiger partial charge on any atom is 0.220 e. The van der Waals surface area contributed by atoms with Crippen LogP contribution in [0, 0.1) is 5.92 Å². The van der Waals surface area contributed by atoms with Crippen LogP contribution in [-0.2, 0) is 14.6 Å². The van der Waals surface area contributed by atoms with E-state index in [1.165, 1.54) is 0 Å². The Kier molecular flexibility index (Phi) is 5.82. The van der Waals surface area contributed by atoms with Crippen molar-refractivity contribution in [3.63, 3.8) is 0 Å². The molecule has 2 unspecified atom stereocenters. The van der Waals surface area contributed by atoms with Crippen LogP contribution in [0.15, 0.2) is 0 Å². The van der Waals surface area contributed by atoms with Gasteiger partial charge in [-0.2, -0.15) is 0 Å². The van der Waals surface area contributed by atoms with Crippen LogP contribution in [0.5, 0.6) is 0 Å². The minimum atomic E-state index is -3.04. The van der Waals surface area contributed by atoms with Gasteiger partial charge in [0.1, 0.15) is 9.84 Å². The molecule has 0 saturated carbocycles. The first-order chi connectivity index (χ1) is 6.74. The van der Waals surface area contributed by atoms with Crippen molar-refractivity contribution in [2.24, 2.45) is 11.7 Å². The Bertz CT molecular complexity index is 300. The van der Waals surface area contributed by atoms with E-state index < -0.39 is 9.84 Å². The summed E-state index contributed by atoms with van der Waals surface area (Å²) >= 11 is 0. The number of amides is 1. The van der Waals surface area contributed by atoms with Crippen molar-refractivity contribution in [3.8, 4) is 0 Å². The van der Waals surface area contributed by atoms with Crippen LogP contribution in [0.2, 0.25) is 0 Å². The van der Waals surface area contributed by atoms with Crippen LogP contribution in [0.4, 0.5) is 0 Å². The third-order valence-corrected chi connectivity index (χ3v) is 3.00. The van der Waals surface area contributed by atoms with Gasteiger partial charge in [0.15, 0.2) is 0 Å². The Morgan fingerprint density at radius 2 is 1.93 bits per heavy atom. The standard InChI is InChI=1S/C9H20N2O3S/c1-7(5-10)4-9(12)11-8(2)6-15(3,13)14/h7-8H,4-6,10H2,1-3H3,(H,11,12). The molecular formula is C9H20N2O3S. The van der Waals surface area contributed by atoms with E-state index in [9.17, 15) is 13.2 Å². The maximum atomic E-state index is 11.3. The van der Waals surface area contributed by atoms with Gasteiger partial charge in [0.25, 0.3) is 0 Å². The van der Waals surface area contributed by atoms with Crippen molar-refractivity contribution in [3.05, 3.63) is 0 Å². The molecule has 0 aromatic carbocycles. The molecule has 1 amide bonds. The first kappa shape index (κ1) is 14.4. The molecule has 0 aliphatic rings. The smallest absolute Gasteiger partial charge is 0.220 e. The van der Waals surface area contributed by atoms with Crippen LogP contribution in [0.1, 0.15) is 20.3 Å². The lowest BCUT2D eigenvalue weighted by Crippen LogP contribution is -2.38. The molecule has 0 saturated heterocycles. The van der Waals surface area contributed by atoms with Gasteiger partial charge in [-0.15, -0.1) is 0 Å². The fourth-order valence-corrected chi connectivity index (χ4v) is 2.22. The van der Waals surface area contributed by atoms with Crippen molar-refractivity contribution in [2.45, 2.75) is 26.3 Å². The molecular weight excluding hydrogens is 216 g/mol. The molecule has 2 atom stereocenters. The van der Waals surface area contributed by atoms with Crippen molar-refractivity contribution >= 4 is 15.7 Å². The molecule has 90 valence electrons. The average molecular weight is 236 g/mol. The average Bonchev–Trinajstić information content (AvgIpc) is 1.99. The fraction of sp³-hybridized carbons (Fsp3) is 0.889. The molecule has 0 aromatic rings. The lowest BCUT2D eigenvalue weighted by Gasteiger charge is -2.14. The molecule has 0 fully saturated rings. The largest absolute Gasteiger partial charge is 0.353 e. The van der Waals surface area contributed by atoms with Gasteiger partial charge in [0.2, 0.25) is 5.91 Å². The number of hydrogen-bond acceptors (Lipinski definition) is 4. The van der Waals surface area contributed by atoms with Crippen molar-refractivity contribution in [2.75, 3.05) is 18.6 Å². The number of hydrogen-bond donors (Lipinski definition) is 2. The van der Waals surface area contributed by atoms with Crippen LogP contribution in [0.3, 0.4) is 0 Å². The zero-order valence-corrected chi connectivity index (χ0v) is 10.3. The summed E-state index contributed by atoms with van der Waals surface area (Å²) in [7, 11) is -3.04. The summed E-state index contributed by atoms with van der Waals surface area (Å²) in [6.45, 7) is 4.00. The quantitative estimate of drug-likeness (QED) is 0.652. The van der Waals surface area contributed by atoms with Crippen LogP contribution >= 0.6 is 0 Å². The van der Waals surface area contributed by atoms with Crippen molar-refractivity contribution < 1.29 is 13.2 Å². The highest BCUT2D eigenvalue weighted by molar-refractivity contribution is 7.90. The lowest BCUT2D eigenvalue weighted by molar-refractivity contribution is -0.122. The second kappa shape index (κ2) is 6.07. The summed E-state index contributed by atoms with van der Waals surface area (Å²) in [5.41, 5.74) is 5.38. The van der Waals surface area contributed by atoms with Crippen molar-refractivity contribution in [1.29, 1.82) is 0 Å². The summed E-state index contributed by atoms with van der Waals surface area (Å²) in [5, 5.41) is 2.63. The van der Waals surface area contributed by atoms with E-state index in [2.05, 4.69) is 5.32 Å². The Morgan fingerprint density at radius 1 is 1.40 bits per heavy atom. The molecule has 0 rings (SSSR count). The van der Waals surface area contributed by atoms with Gasteiger partial charge in [-0.25, -0.2) is 8.42 Å². The fourth-order valence-electron chi connectivity index (χ4n) is 1.23. The molecule has 15 heavy (non-hydrogen) atoms. The summed E-state index contributed by atoms with van der Waals surface area (Å²) < 4.78 is 21.9. The van der Waals surface area contributed by atoms with Gasteiger partial charge in [-0.05, 0) is 19.4 Å². The molecule has 0 radical (unpaired) electrons. The minimum Gasteiger partial charge on any atom is -0.353 e. The first-order valence-electron chi connectivity index (χ1n) is 4.91. The molecule has 6 heteroatoms. The first-order valence-corrected chi connectivity index (χ1v) is 6.97. The zero-order chi connectivity index (χ0) is 12.1. The van der Waals surface area contributed by atoms with Gasteiger partial charge in [-0.3, -0.25) is 4.79 Å². The second-order valence-electron chi connectivity index (χ2n) is 4.11. The van der Waals surface area contributed by atoms with E-state index in [1.54, 1.807) is 6.92 Å². The van der Waals surface area contributed by atoms with E-state index >= 15 is 0 Å². The van der Waals surface area contributed by atoms with Crippen LogP contribution in [-0.4, -0.2) is 38.9 Å². The Labute approximate surface area is 91.3 Å². The number of carbonyl (C=O) groups is 1. The molecule has 0 bridgehead atoms. The molecule has 3 N–H and O–H groups in total. The van der Waals surface area contributed by atoms with E-state index in [0.29, 0.717) is 13.0 Å². The molecule has 5 nitrogen and oxygen atoms in total. The maximum absolute atomic E-state index is 11.3. The lowest BCUT2D eigenvalue weighted by atomic mass is 10.1. The molecule has 0 aliphatic heterocycles. The normalized spacial score (nSPS) is 15.7. The number of nitrogens with two attached hydrogens (primary N) is 1. The van der Waals surface area contributed by atoms with Gasteiger partial charge in [0.05, 0.1) is 5.75 Å². The molecule has 0 heterocycles. The topological polar surface area (TPSA) is 89.3 Å². The highest BCUT2D eigenvalue weighted by Crippen LogP contribution is 1.99. The predicted octanol–water partition coefficient (Wildman–Crippen LogP) is -0.479. The molecule has 0 aromatic heterocycles. The SMILES string of the molecule is CC(CN)CC(=O)NC(C)CS(C)(=O)=O. The number of rotatable bonds is 6. The summed E-state index contributed by atoms with van der Waals surface area (Å²) in [5.74, 6) is -0.0602. The Balaban J connectivity index is 3.97. The monoisotopic (exact) mass is 236 g/mol. The predicted molar refractivity (Wildman–Crippen MR) is 60.2 cm³/mol. The number of carbonyl (C=O) groups excluding carboxylic acids is 1. The molecule has 0 spiro atoms. The van der Waals surface area contributed by atoms with E-state index in [4.69, 9.17) is 5.73 Å². The highest BCUT2D eigenvalue weighted by atomic mass is 32.2.